The summed E-state index contributed by atoms with van der Waals surface area (Å²) in [5.41, 5.74) is 0.606. The molecular weight excluding hydrogens is 277 g/mol. The third kappa shape index (κ3) is 3.82. The van der Waals surface area contributed by atoms with Crippen LogP contribution in [0.1, 0.15) is 21.9 Å². The number of aromatic carboxylic acids is 1. The van der Waals surface area contributed by atoms with Crippen LogP contribution in [0.4, 0.5) is 10.1 Å². The number of carboxylic acid groups (broad SMARTS) is 1. The number of hydrogen-bond donors (Lipinski definition) is 2. The zero-order valence-electron chi connectivity index (χ0n) is 11.1. The molecule has 1 amide bonds. The molecule has 0 spiro atoms. The number of aryl methyl sites for hydroxylation is 1. The number of carboxylic acids is 1. The maximum absolute atomic E-state index is 13.0. The molecule has 0 saturated heterocycles. The number of nitrogens with one attached hydrogen (secondary N) is 1. The fraction of sp³-hybridized carbons (Fsp3) is 0.143. The van der Waals surface area contributed by atoms with Crippen LogP contribution in [-0.2, 0) is 11.2 Å². The predicted molar refractivity (Wildman–Crippen MR) is 72.5 cm³/mol. The van der Waals surface area contributed by atoms with Gasteiger partial charge in [-0.3, -0.25) is 4.79 Å². The maximum Gasteiger partial charge on any atom is 0.339 e. The number of rotatable bonds is 4. The van der Waals surface area contributed by atoms with E-state index in [9.17, 15) is 14.0 Å². The van der Waals surface area contributed by atoms with Gasteiger partial charge in [-0.25, -0.2) is 19.2 Å². The molecular formula is C14H12FN3O3. The van der Waals surface area contributed by atoms with Crippen LogP contribution in [0.25, 0.3) is 0 Å². The van der Waals surface area contributed by atoms with Crippen molar-refractivity contribution in [1.29, 1.82) is 0 Å². The van der Waals surface area contributed by atoms with Crippen LogP contribution in [-0.4, -0.2) is 27.0 Å². The van der Waals surface area contributed by atoms with E-state index < -0.39 is 17.7 Å². The number of hydrogen-bond acceptors (Lipinski definition) is 4. The molecule has 0 fully saturated rings. The van der Waals surface area contributed by atoms with Crippen LogP contribution in [0.5, 0.6) is 0 Å². The first-order chi connectivity index (χ1) is 9.95. The average Bonchev–Trinajstić information content (AvgIpc) is 2.38. The van der Waals surface area contributed by atoms with Gasteiger partial charge in [-0.1, -0.05) is 6.07 Å². The van der Waals surface area contributed by atoms with Crippen molar-refractivity contribution in [2.75, 3.05) is 5.32 Å². The summed E-state index contributed by atoms with van der Waals surface area (Å²) in [5, 5.41) is 11.4. The molecule has 1 aromatic heterocycles. The predicted octanol–water partition coefficient (Wildman–Crippen LogP) is 1.80. The third-order valence-electron chi connectivity index (χ3n) is 2.69. The van der Waals surface area contributed by atoms with Crippen LogP contribution in [0.15, 0.2) is 30.5 Å². The summed E-state index contributed by atoms with van der Waals surface area (Å²) >= 11 is 0. The third-order valence-corrected chi connectivity index (χ3v) is 2.69. The Hall–Kier alpha value is -2.83. The lowest BCUT2D eigenvalue weighted by Gasteiger charge is -2.06. The van der Waals surface area contributed by atoms with Gasteiger partial charge in [-0.2, -0.15) is 0 Å². The molecule has 2 N–H and O–H groups in total. The van der Waals surface area contributed by atoms with Gasteiger partial charge in [0.2, 0.25) is 5.91 Å². The van der Waals surface area contributed by atoms with E-state index in [4.69, 9.17) is 5.11 Å². The van der Waals surface area contributed by atoms with Crippen LogP contribution < -0.4 is 5.32 Å². The second-order valence-corrected chi connectivity index (χ2v) is 4.33. The van der Waals surface area contributed by atoms with E-state index in [0.29, 0.717) is 5.69 Å². The van der Waals surface area contributed by atoms with Crippen molar-refractivity contribution in [2.24, 2.45) is 0 Å². The largest absolute Gasteiger partial charge is 0.478 e. The lowest BCUT2D eigenvalue weighted by atomic mass is 10.2. The van der Waals surface area contributed by atoms with Gasteiger partial charge < -0.3 is 10.4 Å². The zero-order chi connectivity index (χ0) is 15.4. The van der Waals surface area contributed by atoms with Crippen molar-refractivity contribution in [2.45, 2.75) is 13.3 Å². The summed E-state index contributed by atoms with van der Waals surface area (Å²) in [7, 11) is 0. The zero-order valence-corrected chi connectivity index (χ0v) is 11.1. The van der Waals surface area contributed by atoms with Crippen molar-refractivity contribution in [3.8, 4) is 0 Å². The van der Waals surface area contributed by atoms with Gasteiger partial charge in [-0.15, -0.1) is 0 Å². The van der Waals surface area contributed by atoms with Crippen molar-refractivity contribution in [3.63, 3.8) is 0 Å². The van der Waals surface area contributed by atoms with Crippen LogP contribution in [0.2, 0.25) is 0 Å². The molecule has 21 heavy (non-hydrogen) atoms. The molecule has 7 heteroatoms. The van der Waals surface area contributed by atoms with Gasteiger partial charge in [0.1, 0.15) is 11.6 Å². The Kier molecular flexibility index (Phi) is 4.22. The van der Waals surface area contributed by atoms with E-state index in [1.807, 2.05) is 0 Å². The van der Waals surface area contributed by atoms with Gasteiger partial charge >= 0.3 is 5.97 Å². The molecule has 0 aliphatic heterocycles. The highest BCUT2D eigenvalue weighted by Crippen LogP contribution is 2.10. The number of carbonyl (C=O) groups is 2. The molecule has 0 unspecified atom stereocenters. The van der Waals surface area contributed by atoms with Gasteiger partial charge in [0.05, 0.1) is 17.7 Å². The van der Waals surface area contributed by atoms with Crippen LogP contribution in [0.3, 0.4) is 0 Å². The Morgan fingerprint density at radius 3 is 2.76 bits per heavy atom. The first-order valence-electron chi connectivity index (χ1n) is 6.07. The number of carbonyl (C=O) groups excluding carboxylic acids is 1. The quantitative estimate of drug-likeness (QED) is 0.895. The van der Waals surface area contributed by atoms with E-state index in [-0.39, 0.29) is 23.5 Å². The molecule has 0 bridgehead atoms. The van der Waals surface area contributed by atoms with E-state index in [1.54, 1.807) is 6.07 Å². The molecule has 0 aliphatic carbocycles. The second-order valence-electron chi connectivity index (χ2n) is 4.33. The Morgan fingerprint density at radius 1 is 1.38 bits per heavy atom. The number of nitrogens with zero attached hydrogens (tertiary/aromatic N) is 2. The molecule has 1 heterocycles. The summed E-state index contributed by atoms with van der Waals surface area (Å²) in [4.78, 5) is 30.4. The van der Waals surface area contributed by atoms with Crippen molar-refractivity contribution in [3.05, 3.63) is 53.4 Å². The van der Waals surface area contributed by atoms with Crippen LogP contribution in [0, 0.1) is 12.7 Å². The van der Waals surface area contributed by atoms with Gasteiger partial charge in [-0.05, 0) is 25.1 Å². The topological polar surface area (TPSA) is 92.2 Å². The Balaban J connectivity index is 2.06. The summed E-state index contributed by atoms with van der Waals surface area (Å²) in [5.74, 6) is -1.79. The first-order valence-corrected chi connectivity index (χ1v) is 6.07. The lowest BCUT2D eigenvalue weighted by Crippen LogP contribution is -2.17. The second kappa shape index (κ2) is 6.08. The number of halogens is 1. The van der Waals surface area contributed by atoms with Crippen LogP contribution >= 0.6 is 0 Å². The first kappa shape index (κ1) is 14.6. The monoisotopic (exact) mass is 289 g/mol. The Bertz CT molecular complexity index is 704. The molecule has 0 saturated carbocycles. The van der Waals surface area contributed by atoms with Crippen molar-refractivity contribution in [1.82, 2.24) is 9.97 Å². The highest BCUT2D eigenvalue weighted by Gasteiger charge is 2.12. The number of benzene rings is 1. The van der Waals surface area contributed by atoms with E-state index in [1.165, 1.54) is 25.1 Å². The molecule has 0 aliphatic rings. The number of anilines is 1. The highest BCUT2D eigenvalue weighted by atomic mass is 19.1. The number of aromatic nitrogens is 2. The minimum absolute atomic E-state index is 0.00992. The lowest BCUT2D eigenvalue weighted by molar-refractivity contribution is -0.115. The fourth-order valence-electron chi connectivity index (χ4n) is 1.73. The molecule has 0 radical (unpaired) electrons. The molecule has 108 valence electrons. The van der Waals surface area contributed by atoms with E-state index >= 15 is 0 Å². The Labute approximate surface area is 119 Å². The minimum atomic E-state index is -1.12. The highest BCUT2D eigenvalue weighted by molar-refractivity contribution is 5.92. The fourth-order valence-corrected chi connectivity index (χ4v) is 1.73. The molecule has 2 aromatic rings. The molecule has 2 rings (SSSR count). The van der Waals surface area contributed by atoms with Gasteiger partial charge in [0.25, 0.3) is 0 Å². The maximum atomic E-state index is 13.0. The summed E-state index contributed by atoms with van der Waals surface area (Å²) in [6.45, 7) is 1.53. The SMILES string of the molecule is Cc1nc(CC(=O)Nc2cccc(F)c2)ncc1C(=O)O. The minimum Gasteiger partial charge on any atom is -0.478 e. The van der Waals surface area contributed by atoms with Gasteiger partial charge in [0, 0.05) is 11.9 Å². The normalized spacial score (nSPS) is 10.2. The average molecular weight is 289 g/mol. The van der Waals surface area contributed by atoms with Crippen molar-refractivity contribution >= 4 is 17.6 Å². The van der Waals surface area contributed by atoms with E-state index in [0.717, 1.165) is 6.20 Å². The molecule has 0 atom stereocenters. The summed E-state index contributed by atoms with van der Waals surface area (Å²) in [6.07, 6.45) is 1.03. The molecule has 6 nitrogen and oxygen atoms in total. The summed E-state index contributed by atoms with van der Waals surface area (Å²) < 4.78 is 13.0. The molecule has 1 aromatic carbocycles. The van der Waals surface area contributed by atoms with E-state index in [2.05, 4.69) is 15.3 Å². The number of amides is 1. The summed E-state index contributed by atoms with van der Waals surface area (Å²) in [6, 6.07) is 5.50. The smallest absolute Gasteiger partial charge is 0.339 e. The van der Waals surface area contributed by atoms with Crippen molar-refractivity contribution < 1.29 is 19.1 Å². The van der Waals surface area contributed by atoms with Gasteiger partial charge in [0.15, 0.2) is 0 Å². The standard InChI is InChI=1S/C14H12FN3O3/c1-8-11(14(20)21)7-16-12(17-8)6-13(19)18-10-4-2-3-9(15)5-10/h2-5,7H,6H2,1H3,(H,18,19)(H,20,21). The Morgan fingerprint density at radius 2 is 2.14 bits per heavy atom.